The number of aryl methyl sites for hydroxylation is 1. The van der Waals surface area contributed by atoms with Crippen molar-refractivity contribution in [3.8, 4) is 17.2 Å². The van der Waals surface area contributed by atoms with Crippen LogP contribution in [0.1, 0.15) is 11.3 Å². The largest absolute Gasteiger partial charge is 0.504 e. The fraction of sp³-hybridized carbons (Fsp3) is 0.0588. The lowest BCUT2D eigenvalue weighted by Crippen LogP contribution is -2.11. The standard InChI is InChI=1S/C17H15N3O3S.ClH/c1-11-10-24-17(19-13-5-3-2-4-6-13)20(11)18-9-12-7-8-14(21)16(23)15(12)22;/h2-10,21-23H,1H3;1H/b18-9+,19-17?;. The van der Waals surface area contributed by atoms with E-state index in [-0.39, 0.29) is 23.7 Å². The first kappa shape index (κ1) is 18.6. The summed E-state index contributed by atoms with van der Waals surface area (Å²) in [4.78, 5) is 5.22. The lowest BCUT2D eigenvalue weighted by Gasteiger charge is -2.03. The van der Waals surface area contributed by atoms with E-state index in [4.69, 9.17) is 0 Å². The number of benzene rings is 2. The number of aromatic nitrogens is 1. The van der Waals surface area contributed by atoms with Gasteiger partial charge in [-0.15, -0.1) is 23.7 Å². The summed E-state index contributed by atoms with van der Waals surface area (Å²) in [5.74, 6) is -1.38. The maximum Gasteiger partial charge on any atom is 0.211 e. The maximum atomic E-state index is 9.85. The van der Waals surface area contributed by atoms with Crippen LogP contribution >= 0.6 is 23.7 Å². The van der Waals surface area contributed by atoms with Crippen molar-refractivity contribution >= 4 is 35.6 Å². The predicted octanol–water partition coefficient (Wildman–Crippen LogP) is 3.51. The number of thiazole rings is 1. The van der Waals surface area contributed by atoms with Crippen LogP contribution in [0.5, 0.6) is 17.2 Å². The Balaban J connectivity index is 0.00000225. The van der Waals surface area contributed by atoms with E-state index in [1.807, 2.05) is 42.6 Å². The average Bonchev–Trinajstić information content (AvgIpc) is 2.93. The van der Waals surface area contributed by atoms with Crippen molar-refractivity contribution in [2.75, 3.05) is 0 Å². The average molecular weight is 378 g/mol. The first-order chi connectivity index (χ1) is 11.6. The zero-order chi connectivity index (χ0) is 17.1. The number of rotatable bonds is 3. The molecule has 6 nitrogen and oxygen atoms in total. The Kier molecular flexibility index (Phi) is 5.84. The predicted molar refractivity (Wildman–Crippen MR) is 100 cm³/mol. The zero-order valence-corrected chi connectivity index (χ0v) is 14.8. The molecular weight excluding hydrogens is 362 g/mol. The molecular formula is C17H16ClN3O3S. The molecule has 8 heteroatoms. The molecule has 130 valence electrons. The van der Waals surface area contributed by atoms with E-state index in [0.29, 0.717) is 4.80 Å². The Hall–Kier alpha value is -2.77. The van der Waals surface area contributed by atoms with Crippen LogP contribution in [0.25, 0.3) is 0 Å². The number of halogens is 1. The highest BCUT2D eigenvalue weighted by molar-refractivity contribution is 7.07. The summed E-state index contributed by atoms with van der Waals surface area (Å²) in [5.41, 5.74) is 1.98. The Bertz CT molecular complexity index is 965. The van der Waals surface area contributed by atoms with Gasteiger partial charge in [-0.3, -0.25) is 0 Å². The van der Waals surface area contributed by atoms with Gasteiger partial charge in [0.05, 0.1) is 17.6 Å². The smallest absolute Gasteiger partial charge is 0.211 e. The lowest BCUT2D eigenvalue weighted by atomic mass is 10.2. The van der Waals surface area contributed by atoms with Gasteiger partial charge in [0, 0.05) is 10.9 Å². The van der Waals surface area contributed by atoms with E-state index in [1.165, 1.54) is 29.7 Å². The van der Waals surface area contributed by atoms with Crippen LogP contribution < -0.4 is 4.80 Å². The van der Waals surface area contributed by atoms with Crippen molar-refractivity contribution < 1.29 is 15.3 Å². The Morgan fingerprint density at radius 1 is 1.00 bits per heavy atom. The molecule has 25 heavy (non-hydrogen) atoms. The van der Waals surface area contributed by atoms with E-state index in [1.54, 1.807) is 4.68 Å². The third kappa shape index (κ3) is 4.01. The molecule has 3 rings (SSSR count). The molecule has 3 N–H and O–H groups in total. The molecule has 0 atom stereocenters. The van der Waals surface area contributed by atoms with Crippen LogP contribution in [0.15, 0.2) is 57.9 Å². The second kappa shape index (κ2) is 7.87. The first-order valence-corrected chi connectivity index (χ1v) is 7.99. The lowest BCUT2D eigenvalue weighted by molar-refractivity contribution is 0.367. The molecule has 0 spiro atoms. The first-order valence-electron chi connectivity index (χ1n) is 7.11. The minimum atomic E-state index is -0.569. The monoisotopic (exact) mass is 377 g/mol. The molecule has 0 aliphatic heterocycles. The normalized spacial score (nSPS) is 11.6. The van der Waals surface area contributed by atoms with E-state index in [9.17, 15) is 15.3 Å². The summed E-state index contributed by atoms with van der Waals surface area (Å²) in [5, 5.41) is 35.0. The number of phenolic OH excluding ortho intramolecular Hbond substituents is 3. The minimum absolute atomic E-state index is 0. The van der Waals surface area contributed by atoms with Gasteiger partial charge in [0.15, 0.2) is 11.5 Å². The van der Waals surface area contributed by atoms with Gasteiger partial charge in [-0.2, -0.15) is 5.10 Å². The van der Waals surface area contributed by atoms with E-state index in [2.05, 4.69) is 10.1 Å². The molecule has 0 saturated carbocycles. The number of hydrogen-bond donors (Lipinski definition) is 3. The topological polar surface area (TPSA) is 90.3 Å². The molecule has 0 unspecified atom stereocenters. The third-order valence-electron chi connectivity index (χ3n) is 3.30. The summed E-state index contributed by atoms with van der Waals surface area (Å²) in [6.45, 7) is 1.89. The Morgan fingerprint density at radius 3 is 2.44 bits per heavy atom. The quantitative estimate of drug-likeness (QED) is 0.482. The number of para-hydroxylation sites is 1. The van der Waals surface area contributed by atoms with Crippen molar-refractivity contribution in [2.45, 2.75) is 6.92 Å². The van der Waals surface area contributed by atoms with Gasteiger partial charge in [0.2, 0.25) is 10.6 Å². The third-order valence-corrected chi connectivity index (χ3v) is 4.24. The van der Waals surface area contributed by atoms with Crippen LogP contribution in [0.4, 0.5) is 5.69 Å². The molecule has 0 amide bonds. The van der Waals surface area contributed by atoms with Gasteiger partial charge in [0.25, 0.3) is 0 Å². The van der Waals surface area contributed by atoms with Crippen molar-refractivity contribution in [3.05, 3.63) is 63.9 Å². The van der Waals surface area contributed by atoms with Gasteiger partial charge >= 0.3 is 0 Å². The van der Waals surface area contributed by atoms with E-state index < -0.39 is 11.5 Å². The fourth-order valence-corrected chi connectivity index (χ4v) is 2.85. The van der Waals surface area contributed by atoms with Crippen LogP contribution in [-0.2, 0) is 0 Å². The minimum Gasteiger partial charge on any atom is -0.504 e. The van der Waals surface area contributed by atoms with Gasteiger partial charge in [-0.1, -0.05) is 18.2 Å². The van der Waals surface area contributed by atoms with Crippen LogP contribution in [0.3, 0.4) is 0 Å². The molecule has 0 aliphatic rings. The summed E-state index contributed by atoms with van der Waals surface area (Å²) in [6.07, 6.45) is 1.40. The van der Waals surface area contributed by atoms with Crippen molar-refractivity contribution in [1.82, 2.24) is 4.68 Å². The number of hydrogen-bond acceptors (Lipinski definition) is 6. The molecule has 0 radical (unpaired) electrons. The number of nitrogens with zero attached hydrogens (tertiary/aromatic N) is 3. The molecule has 0 bridgehead atoms. The van der Waals surface area contributed by atoms with Crippen molar-refractivity contribution in [1.29, 1.82) is 0 Å². The molecule has 0 aliphatic carbocycles. The molecule has 1 heterocycles. The van der Waals surface area contributed by atoms with E-state index >= 15 is 0 Å². The van der Waals surface area contributed by atoms with Crippen molar-refractivity contribution in [3.63, 3.8) is 0 Å². The number of phenols is 3. The van der Waals surface area contributed by atoms with E-state index in [0.717, 1.165) is 11.4 Å². The number of aromatic hydroxyl groups is 3. The summed E-state index contributed by atoms with van der Waals surface area (Å²) < 4.78 is 1.64. The van der Waals surface area contributed by atoms with Crippen LogP contribution in [0, 0.1) is 6.92 Å². The van der Waals surface area contributed by atoms with Crippen LogP contribution in [-0.4, -0.2) is 26.2 Å². The molecule has 3 aromatic rings. The zero-order valence-electron chi connectivity index (χ0n) is 13.2. The molecule has 1 aromatic heterocycles. The molecule has 0 saturated heterocycles. The highest BCUT2D eigenvalue weighted by atomic mass is 35.5. The highest BCUT2D eigenvalue weighted by Gasteiger charge is 2.09. The molecule has 2 aromatic carbocycles. The Morgan fingerprint density at radius 2 is 1.72 bits per heavy atom. The highest BCUT2D eigenvalue weighted by Crippen LogP contribution is 2.36. The second-order valence-electron chi connectivity index (χ2n) is 5.03. The second-order valence-corrected chi connectivity index (χ2v) is 5.87. The fourth-order valence-electron chi connectivity index (χ4n) is 2.02. The van der Waals surface area contributed by atoms with Crippen molar-refractivity contribution in [2.24, 2.45) is 10.1 Å². The summed E-state index contributed by atoms with van der Waals surface area (Å²) >= 11 is 1.45. The summed E-state index contributed by atoms with van der Waals surface area (Å²) in [6, 6.07) is 12.3. The maximum absolute atomic E-state index is 9.85. The SMILES string of the molecule is Cc1csc(=Nc2ccccc2)n1/N=C/c1ccc(O)c(O)c1O.Cl. The van der Waals surface area contributed by atoms with Gasteiger partial charge < -0.3 is 15.3 Å². The van der Waals surface area contributed by atoms with Gasteiger partial charge in [0.1, 0.15) is 0 Å². The van der Waals surface area contributed by atoms with Gasteiger partial charge in [-0.05, 0) is 31.2 Å². The Labute approximate surface area is 154 Å². The molecule has 0 fully saturated rings. The van der Waals surface area contributed by atoms with Crippen LogP contribution in [0.2, 0.25) is 0 Å². The summed E-state index contributed by atoms with van der Waals surface area (Å²) in [7, 11) is 0. The van der Waals surface area contributed by atoms with Gasteiger partial charge in [-0.25, -0.2) is 9.67 Å².